The molecule has 0 radical (unpaired) electrons. The van der Waals surface area contributed by atoms with Gasteiger partial charge in [-0.05, 0) is 38.0 Å². The Kier molecular flexibility index (Phi) is 5.26. The van der Waals surface area contributed by atoms with E-state index >= 15 is 0 Å². The SMILES string of the molecule is CCc1nn(CC)c(COc2ccc(C(C)O)cc2)c1Cl. The van der Waals surface area contributed by atoms with E-state index in [1.54, 1.807) is 6.92 Å². The number of aryl methyl sites for hydroxylation is 2. The molecule has 114 valence electrons. The molecule has 4 nitrogen and oxygen atoms in total. The molecule has 1 aromatic carbocycles. The summed E-state index contributed by atoms with van der Waals surface area (Å²) < 4.78 is 7.66. The van der Waals surface area contributed by atoms with E-state index in [9.17, 15) is 5.11 Å². The van der Waals surface area contributed by atoms with Crippen LogP contribution in [0.1, 0.15) is 43.8 Å². The number of halogens is 1. The van der Waals surface area contributed by atoms with Crippen molar-refractivity contribution >= 4 is 11.6 Å². The van der Waals surface area contributed by atoms with E-state index in [1.807, 2.05) is 42.8 Å². The molecule has 1 aromatic heterocycles. The molecule has 0 fully saturated rings. The highest BCUT2D eigenvalue weighted by Crippen LogP contribution is 2.24. The largest absolute Gasteiger partial charge is 0.487 e. The first-order valence-corrected chi connectivity index (χ1v) is 7.59. The molecule has 0 saturated heterocycles. The molecule has 1 atom stereocenters. The Morgan fingerprint density at radius 2 is 1.95 bits per heavy atom. The summed E-state index contributed by atoms with van der Waals surface area (Å²) in [6.45, 7) is 6.95. The molecule has 0 saturated carbocycles. The summed E-state index contributed by atoms with van der Waals surface area (Å²) in [5, 5.41) is 14.6. The molecular weight excluding hydrogens is 288 g/mol. The number of benzene rings is 1. The fourth-order valence-electron chi connectivity index (χ4n) is 2.15. The quantitative estimate of drug-likeness (QED) is 0.884. The van der Waals surface area contributed by atoms with Crippen LogP contribution in [0.4, 0.5) is 0 Å². The maximum atomic E-state index is 9.49. The van der Waals surface area contributed by atoms with Gasteiger partial charge in [0, 0.05) is 6.54 Å². The van der Waals surface area contributed by atoms with Gasteiger partial charge in [0.15, 0.2) is 0 Å². The monoisotopic (exact) mass is 308 g/mol. The van der Waals surface area contributed by atoms with Crippen LogP contribution >= 0.6 is 11.6 Å². The summed E-state index contributed by atoms with van der Waals surface area (Å²) in [4.78, 5) is 0. The van der Waals surface area contributed by atoms with E-state index in [1.165, 1.54) is 0 Å². The molecule has 5 heteroatoms. The van der Waals surface area contributed by atoms with Gasteiger partial charge < -0.3 is 9.84 Å². The van der Waals surface area contributed by atoms with Crippen molar-refractivity contribution in [2.45, 2.75) is 46.4 Å². The molecule has 1 N–H and O–H groups in total. The lowest BCUT2D eigenvalue weighted by Gasteiger charge is -2.10. The Morgan fingerprint density at radius 3 is 2.48 bits per heavy atom. The molecule has 0 aliphatic rings. The van der Waals surface area contributed by atoms with Crippen molar-refractivity contribution in [3.05, 3.63) is 46.2 Å². The van der Waals surface area contributed by atoms with Gasteiger partial charge in [-0.3, -0.25) is 4.68 Å². The molecule has 2 aromatic rings. The van der Waals surface area contributed by atoms with Crippen molar-refractivity contribution in [2.75, 3.05) is 0 Å². The van der Waals surface area contributed by atoms with Gasteiger partial charge in [0.25, 0.3) is 0 Å². The number of hydrogen-bond acceptors (Lipinski definition) is 3. The molecule has 0 spiro atoms. The number of hydrogen-bond donors (Lipinski definition) is 1. The normalized spacial score (nSPS) is 12.4. The molecule has 2 rings (SSSR count). The minimum atomic E-state index is -0.470. The Labute approximate surface area is 130 Å². The minimum Gasteiger partial charge on any atom is -0.487 e. The standard InChI is InChI=1S/C16H21ClN2O2/c1-4-14-16(17)15(19(5-2)18-14)10-21-13-8-6-12(7-9-13)11(3)20/h6-9,11,20H,4-5,10H2,1-3H3. The summed E-state index contributed by atoms with van der Waals surface area (Å²) in [6, 6.07) is 7.42. The fourth-order valence-corrected chi connectivity index (χ4v) is 2.47. The van der Waals surface area contributed by atoms with Crippen molar-refractivity contribution in [1.82, 2.24) is 9.78 Å². The molecule has 1 heterocycles. The first-order chi connectivity index (χ1) is 10.1. The molecule has 21 heavy (non-hydrogen) atoms. The molecule has 0 aliphatic heterocycles. The Hall–Kier alpha value is -1.52. The van der Waals surface area contributed by atoms with Crippen LogP contribution in [0.2, 0.25) is 5.02 Å². The summed E-state index contributed by atoms with van der Waals surface area (Å²) in [7, 11) is 0. The number of rotatable bonds is 6. The maximum absolute atomic E-state index is 9.49. The number of aromatic nitrogens is 2. The number of nitrogens with zero attached hydrogens (tertiary/aromatic N) is 2. The van der Waals surface area contributed by atoms with Gasteiger partial charge in [0.1, 0.15) is 12.4 Å². The second-order valence-electron chi connectivity index (χ2n) is 4.91. The lowest BCUT2D eigenvalue weighted by atomic mass is 10.1. The van der Waals surface area contributed by atoms with Gasteiger partial charge in [0.05, 0.1) is 22.5 Å². The van der Waals surface area contributed by atoms with Gasteiger partial charge in [-0.15, -0.1) is 0 Å². The third-order valence-corrected chi connectivity index (χ3v) is 3.87. The smallest absolute Gasteiger partial charge is 0.131 e. The third-order valence-electron chi connectivity index (χ3n) is 3.43. The van der Waals surface area contributed by atoms with Crippen molar-refractivity contribution in [3.8, 4) is 5.75 Å². The van der Waals surface area contributed by atoms with E-state index in [2.05, 4.69) is 5.10 Å². The highest BCUT2D eigenvalue weighted by molar-refractivity contribution is 6.31. The first kappa shape index (κ1) is 15.9. The van der Waals surface area contributed by atoms with Crippen molar-refractivity contribution < 1.29 is 9.84 Å². The lowest BCUT2D eigenvalue weighted by Crippen LogP contribution is -2.06. The van der Waals surface area contributed by atoms with E-state index in [0.29, 0.717) is 11.6 Å². The van der Waals surface area contributed by atoms with Gasteiger partial charge in [-0.1, -0.05) is 30.7 Å². The van der Waals surface area contributed by atoms with Crippen LogP contribution in [-0.2, 0) is 19.6 Å². The van der Waals surface area contributed by atoms with E-state index in [0.717, 1.165) is 35.7 Å². The molecular formula is C16H21ClN2O2. The fraction of sp³-hybridized carbons (Fsp3) is 0.438. The second kappa shape index (κ2) is 6.96. The Balaban J connectivity index is 2.10. The predicted molar refractivity (Wildman–Crippen MR) is 83.7 cm³/mol. The van der Waals surface area contributed by atoms with E-state index in [4.69, 9.17) is 16.3 Å². The Morgan fingerprint density at radius 1 is 1.29 bits per heavy atom. The topological polar surface area (TPSA) is 47.3 Å². The first-order valence-electron chi connectivity index (χ1n) is 7.21. The average molecular weight is 309 g/mol. The zero-order valence-corrected chi connectivity index (χ0v) is 13.4. The summed E-state index contributed by atoms with van der Waals surface area (Å²) in [5.74, 6) is 0.748. The van der Waals surface area contributed by atoms with Crippen molar-refractivity contribution in [2.24, 2.45) is 0 Å². The van der Waals surface area contributed by atoms with Crippen LogP contribution in [0.5, 0.6) is 5.75 Å². The zero-order chi connectivity index (χ0) is 15.4. The highest BCUT2D eigenvalue weighted by atomic mass is 35.5. The summed E-state index contributed by atoms with van der Waals surface area (Å²) in [5.41, 5.74) is 2.67. The predicted octanol–water partition coefficient (Wildman–Crippen LogP) is 3.75. The van der Waals surface area contributed by atoms with Gasteiger partial charge in [-0.2, -0.15) is 5.10 Å². The van der Waals surface area contributed by atoms with Crippen LogP contribution in [0.15, 0.2) is 24.3 Å². The summed E-state index contributed by atoms with van der Waals surface area (Å²) >= 11 is 6.35. The van der Waals surface area contributed by atoms with Crippen LogP contribution < -0.4 is 4.74 Å². The minimum absolute atomic E-state index is 0.383. The van der Waals surface area contributed by atoms with Crippen LogP contribution in [0.25, 0.3) is 0 Å². The number of aliphatic hydroxyl groups is 1. The van der Waals surface area contributed by atoms with E-state index < -0.39 is 6.10 Å². The van der Waals surface area contributed by atoms with Gasteiger partial charge in [-0.25, -0.2) is 0 Å². The molecule has 0 aliphatic carbocycles. The average Bonchev–Trinajstić information content (AvgIpc) is 2.81. The molecule has 1 unspecified atom stereocenters. The maximum Gasteiger partial charge on any atom is 0.131 e. The van der Waals surface area contributed by atoms with Crippen molar-refractivity contribution in [3.63, 3.8) is 0 Å². The van der Waals surface area contributed by atoms with Crippen molar-refractivity contribution in [1.29, 1.82) is 0 Å². The van der Waals surface area contributed by atoms with Crippen LogP contribution in [0.3, 0.4) is 0 Å². The van der Waals surface area contributed by atoms with E-state index in [-0.39, 0.29) is 0 Å². The van der Waals surface area contributed by atoms with Crippen LogP contribution in [-0.4, -0.2) is 14.9 Å². The zero-order valence-electron chi connectivity index (χ0n) is 12.6. The molecule has 0 amide bonds. The number of aliphatic hydroxyl groups excluding tert-OH is 1. The molecule has 0 bridgehead atoms. The lowest BCUT2D eigenvalue weighted by molar-refractivity contribution is 0.199. The van der Waals surface area contributed by atoms with Gasteiger partial charge >= 0.3 is 0 Å². The highest BCUT2D eigenvalue weighted by Gasteiger charge is 2.14. The van der Waals surface area contributed by atoms with Crippen LogP contribution in [0, 0.1) is 0 Å². The van der Waals surface area contributed by atoms with Gasteiger partial charge in [0.2, 0.25) is 0 Å². The Bertz CT molecular complexity index is 591. The second-order valence-corrected chi connectivity index (χ2v) is 5.29. The number of ether oxygens (including phenoxy) is 1. The third kappa shape index (κ3) is 3.57. The summed E-state index contributed by atoms with van der Waals surface area (Å²) in [6.07, 6.45) is 0.337.